The highest BCUT2D eigenvalue weighted by Crippen LogP contribution is 2.19. The van der Waals surface area contributed by atoms with Gasteiger partial charge in [0.2, 0.25) is 0 Å². The van der Waals surface area contributed by atoms with Crippen LogP contribution in [0.4, 0.5) is 0 Å². The van der Waals surface area contributed by atoms with Crippen LogP contribution in [0.1, 0.15) is 32.3 Å². The molecule has 17 heavy (non-hydrogen) atoms. The second-order valence-corrected chi connectivity index (χ2v) is 4.57. The summed E-state index contributed by atoms with van der Waals surface area (Å²) in [5.74, 6) is 0. The number of nitrogens with one attached hydrogen (secondary N) is 1. The van der Waals surface area contributed by atoms with E-state index < -0.39 is 0 Å². The van der Waals surface area contributed by atoms with Crippen LogP contribution < -0.4 is 11.2 Å². The first-order chi connectivity index (χ1) is 8.10. The van der Waals surface area contributed by atoms with Crippen molar-refractivity contribution in [2.24, 2.45) is 0 Å². The van der Waals surface area contributed by atoms with Crippen LogP contribution in [0.3, 0.4) is 0 Å². The Morgan fingerprint density at radius 1 is 1.47 bits per heavy atom. The van der Waals surface area contributed by atoms with Gasteiger partial charge in [0.15, 0.2) is 0 Å². The molecule has 2 rings (SSSR count). The zero-order valence-corrected chi connectivity index (χ0v) is 10.2. The first-order valence-corrected chi connectivity index (χ1v) is 6.08. The Morgan fingerprint density at radius 3 is 2.82 bits per heavy atom. The minimum absolute atomic E-state index is 0.0818. The van der Waals surface area contributed by atoms with Crippen LogP contribution in [0.15, 0.2) is 15.8 Å². The van der Waals surface area contributed by atoms with Crippen molar-refractivity contribution in [3.63, 3.8) is 0 Å². The maximum Gasteiger partial charge on any atom is 0.328 e. The molecule has 2 unspecified atom stereocenters. The van der Waals surface area contributed by atoms with Gasteiger partial charge < -0.3 is 4.74 Å². The number of nitrogens with zero attached hydrogens (tertiary/aromatic N) is 1. The lowest BCUT2D eigenvalue weighted by molar-refractivity contribution is 0.0449. The van der Waals surface area contributed by atoms with Gasteiger partial charge in [-0.2, -0.15) is 0 Å². The molecule has 1 saturated heterocycles. The first-order valence-electron chi connectivity index (χ1n) is 6.08. The van der Waals surface area contributed by atoms with Crippen molar-refractivity contribution in [3.05, 3.63) is 32.6 Å². The van der Waals surface area contributed by atoms with E-state index in [1.165, 1.54) is 0 Å². The number of aromatic amines is 1. The Kier molecular flexibility index (Phi) is 3.47. The summed E-state index contributed by atoms with van der Waals surface area (Å²) in [7, 11) is 0. The monoisotopic (exact) mass is 238 g/mol. The first kappa shape index (κ1) is 12.1. The standard InChI is InChI=1S/C12H18N2O3/c1-3-9-6-14(12(16)13-11(9)15)7-10-5-4-8(2)17-10/h6,8,10H,3-5,7H2,1-2H3,(H,13,15,16). The van der Waals surface area contributed by atoms with Gasteiger partial charge in [-0.25, -0.2) is 4.79 Å². The molecule has 1 aliphatic rings. The van der Waals surface area contributed by atoms with Gasteiger partial charge >= 0.3 is 5.69 Å². The van der Waals surface area contributed by atoms with Crippen molar-refractivity contribution in [1.82, 2.24) is 9.55 Å². The minimum atomic E-state index is -0.352. The Morgan fingerprint density at radius 2 is 2.24 bits per heavy atom. The zero-order valence-electron chi connectivity index (χ0n) is 10.2. The molecular formula is C12H18N2O3. The van der Waals surface area contributed by atoms with Gasteiger partial charge in [-0.1, -0.05) is 6.92 Å². The van der Waals surface area contributed by atoms with E-state index in [1.807, 2.05) is 13.8 Å². The Hall–Kier alpha value is -1.36. The molecule has 0 saturated carbocycles. The summed E-state index contributed by atoms with van der Waals surface area (Å²) in [4.78, 5) is 25.4. The van der Waals surface area contributed by atoms with Crippen LogP contribution in [-0.4, -0.2) is 21.8 Å². The smallest absolute Gasteiger partial charge is 0.328 e. The number of hydrogen-bond acceptors (Lipinski definition) is 3. The van der Waals surface area contributed by atoms with E-state index in [1.54, 1.807) is 10.8 Å². The van der Waals surface area contributed by atoms with Gasteiger partial charge in [0.05, 0.1) is 18.8 Å². The van der Waals surface area contributed by atoms with Crippen LogP contribution in [-0.2, 0) is 17.7 Å². The highest BCUT2D eigenvalue weighted by atomic mass is 16.5. The summed E-state index contributed by atoms with van der Waals surface area (Å²) in [5, 5.41) is 0. The number of hydrogen-bond donors (Lipinski definition) is 1. The van der Waals surface area contributed by atoms with Crippen LogP contribution in [0.5, 0.6) is 0 Å². The second kappa shape index (κ2) is 4.87. The van der Waals surface area contributed by atoms with E-state index in [4.69, 9.17) is 4.74 Å². The van der Waals surface area contributed by atoms with E-state index >= 15 is 0 Å². The van der Waals surface area contributed by atoms with Crippen molar-refractivity contribution in [2.45, 2.75) is 51.9 Å². The van der Waals surface area contributed by atoms with Crippen LogP contribution in [0, 0.1) is 0 Å². The molecule has 0 radical (unpaired) electrons. The average Bonchev–Trinajstić information content (AvgIpc) is 2.68. The van der Waals surface area contributed by atoms with E-state index in [0.717, 1.165) is 12.8 Å². The van der Waals surface area contributed by atoms with Crippen LogP contribution in [0.25, 0.3) is 0 Å². The lowest BCUT2D eigenvalue weighted by Gasteiger charge is -2.13. The van der Waals surface area contributed by atoms with E-state index in [9.17, 15) is 9.59 Å². The van der Waals surface area contributed by atoms with Gasteiger partial charge in [0.25, 0.3) is 5.56 Å². The third kappa shape index (κ3) is 2.66. The fraction of sp³-hybridized carbons (Fsp3) is 0.667. The summed E-state index contributed by atoms with van der Waals surface area (Å²) in [5.41, 5.74) is 0.000423. The number of aromatic nitrogens is 2. The van der Waals surface area contributed by atoms with Gasteiger partial charge in [-0.15, -0.1) is 0 Å². The summed E-state index contributed by atoms with van der Waals surface area (Å²) in [6.45, 7) is 4.45. The number of aryl methyl sites for hydroxylation is 1. The molecule has 1 aromatic heterocycles. The zero-order chi connectivity index (χ0) is 12.4. The fourth-order valence-corrected chi connectivity index (χ4v) is 2.18. The third-order valence-electron chi connectivity index (χ3n) is 3.19. The molecule has 1 aliphatic heterocycles. The molecule has 1 fully saturated rings. The lowest BCUT2D eigenvalue weighted by atomic mass is 10.2. The summed E-state index contributed by atoms with van der Waals surface area (Å²) in [6, 6.07) is 0. The van der Waals surface area contributed by atoms with Crippen LogP contribution in [0.2, 0.25) is 0 Å². The largest absolute Gasteiger partial charge is 0.373 e. The van der Waals surface area contributed by atoms with Crippen molar-refractivity contribution in [2.75, 3.05) is 0 Å². The van der Waals surface area contributed by atoms with E-state index in [-0.39, 0.29) is 23.5 Å². The summed E-state index contributed by atoms with van der Waals surface area (Å²) >= 11 is 0. The SMILES string of the molecule is CCc1cn(CC2CCC(C)O2)c(=O)[nH]c1=O. The molecule has 0 aromatic carbocycles. The van der Waals surface area contributed by atoms with Gasteiger partial charge in [0.1, 0.15) is 0 Å². The summed E-state index contributed by atoms with van der Waals surface area (Å²) in [6.07, 6.45) is 4.62. The van der Waals surface area contributed by atoms with Gasteiger partial charge in [-0.05, 0) is 26.2 Å². The maximum atomic E-state index is 11.6. The molecule has 0 bridgehead atoms. The van der Waals surface area contributed by atoms with E-state index in [2.05, 4.69) is 4.98 Å². The Balaban J connectivity index is 2.21. The molecular weight excluding hydrogens is 220 g/mol. The van der Waals surface area contributed by atoms with Crippen molar-refractivity contribution >= 4 is 0 Å². The predicted octanol–water partition coefficient (Wildman–Crippen LogP) is 0.666. The normalized spacial score (nSPS) is 24.1. The third-order valence-corrected chi connectivity index (χ3v) is 3.19. The fourth-order valence-electron chi connectivity index (χ4n) is 2.18. The molecule has 2 atom stereocenters. The molecule has 0 spiro atoms. The molecule has 2 heterocycles. The quantitative estimate of drug-likeness (QED) is 0.841. The molecule has 1 N–H and O–H groups in total. The van der Waals surface area contributed by atoms with Crippen molar-refractivity contribution < 1.29 is 4.74 Å². The van der Waals surface area contributed by atoms with Gasteiger partial charge in [0, 0.05) is 11.8 Å². The second-order valence-electron chi connectivity index (χ2n) is 4.57. The minimum Gasteiger partial charge on any atom is -0.373 e. The highest BCUT2D eigenvalue weighted by molar-refractivity contribution is 5.04. The van der Waals surface area contributed by atoms with Crippen molar-refractivity contribution in [1.29, 1.82) is 0 Å². The van der Waals surface area contributed by atoms with E-state index in [0.29, 0.717) is 18.5 Å². The summed E-state index contributed by atoms with van der Waals surface area (Å²) < 4.78 is 7.22. The molecule has 5 nitrogen and oxygen atoms in total. The van der Waals surface area contributed by atoms with Crippen molar-refractivity contribution in [3.8, 4) is 0 Å². The molecule has 0 amide bonds. The Bertz CT molecular complexity index is 503. The number of H-pyrrole nitrogens is 1. The molecule has 1 aromatic rings. The van der Waals surface area contributed by atoms with Gasteiger partial charge in [-0.3, -0.25) is 14.3 Å². The Labute approximate surface area is 99.4 Å². The topological polar surface area (TPSA) is 64.1 Å². The molecule has 94 valence electrons. The maximum absolute atomic E-state index is 11.6. The molecule has 5 heteroatoms. The molecule has 0 aliphatic carbocycles. The predicted molar refractivity (Wildman–Crippen MR) is 64.3 cm³/mol. The number of ether oxygens (including phenoxy) is 1. The lowest BCUT2D eigenvalue weighted by Crippen LogP contribution is -2.34. The highest BCUT2D eigenvalue weighted by Gasteiger charge is 2.22. The number of rotatable bonds is 3. The average molecular weight is 238 g/mol. The van der Waals surface area contributed by atoms with Crippen LogP contribution >= 0.6 is 0 Å².